The first-order chi connectivity index (χ1) is 10.9. The molecule has 1 fully saturated rings. The van der Waals surface area contributed by atoms with Gasteiger partial charge in [-0.15, -0.1) is 0 Å². The van der Waals surface area contributed by atoms with Crippen molar-refractivity contribution in [3.05, 3.63) is 53.6 Å². The minimum absolute atomic E-state index is 0.0873. The van der Waals surface area contributed by atoms with Crippen molar-refractivity contribution in [1.29, 1.82) is 0 Å². The molecule has 2 aromatic rings. The quantitative estimate of drug-likeness (QED) is 0.782. The molecule has 1 unspecified atom stereocenters. The van der Waals surface area contributed by atoms with Crippen molar-refractivity contribution in [3.63, 3.8) is 0 Å². The first kappa shape index (κ1) is 15.9. The van der Waals surface area contributed by atoms with Crippen LogP contribution in [-0.2, 0) is 9.53 Å². The van der Waals surface area contributed by atoms with Crippen LogP contribution in [0, 0.1) is 5.92 Å². The lowest BCUT2D eigenvalue weighted by atomic mass is 9.76. The molecule has 3 nitrogen and oxygen atoms in total. The zero-order valence-corrected chi connectivity index (χ0v) is 14.3. The van der Waals surface area contributed by atoms with Gasteiger partial charge in [-0.1, -0.05) is 41.9 Å². The molecule has 1 saturated heterocycles. The van der Waals surface area contributed by atoms with Gasteiger partial charge in [0.2, 0.25) is 0 Å². The summed E-state index contributed by atoms with van der Waals surface area (Å²) in [7, 11) is 1.44. The summed E-state index contributed by atoms with van der Waals surface area (Å²) >= 11 is 6.25. The van der Waals surface area contributed by atoms with Gasteiger partial charge >= 0.3 is 5.97 Å². The van der Waals surface area contributed by atoms with Crippen LogP contribution in [0.2, 0.25) is 5.02 Å². The first-order valence-electron chi connectivity index (χ1n) is 7.65. The maximum Gasteiger partial charge on any atom is 0.312 e. The van der Waals surface area contributed by atoms with E-state index in [1.807, 2.05) is 24.3 Å². The average molecular weight is 330 g/mol. The van der Waals surface area contributed by atoms with Crippen molar-refractivity contribution in [3.8, 4) is 11.1 Å². The molecular formula is C19H20ClNO2. The Balaban J connectivity index is 1.82. The Morgan fingerprint density at radius 1 is 1.17 bits per heavy atom. The number of carbonyl (C=O) groups excluding carboxylic acids is 1. The zero-order valence-electron chi connectivity index (χ0n) is 13.5. The molecule has 0 aliphatic carbocycles. The smallest absolute Gasteiger partial charge is 0.312 e. The van der Waals surface area contributed by atoms with Crippen LogP contribution >= 0.6 is 11.6 Å². The van der Waals surface area contributed by atoms with Gasteiger partial charge in [0.25, 0.3) is 0 Å². The molecule has 0 amide bonds. The summed E-state index contributed by atoms with van der Waals surface area (Å²) in [5.41, 5.74) is 2.98. The number of hydrogen-bond donors (Lipinski definition) is 0. The highest BCUT2D eigenvalue weighted by Gasteiger charge is 2.50. The van der Waals surface area contributed by atoms with Crippen LogP contribution in [0.25, 0.3) is 11.1 Å². The number of hydrogen-bond acceptors (Lipinski definition) is 3. The van der Waals surface area contributed by atoms with Crippen LogP contribution in [-0.4, -0.2) is 25.2 Å². The van der Waals surface area contributed by atoms with Crippen molar-refractivity contribution in [2.24, 2.45) is 5.92 Å². The van der Waals surface area contributed by atoms with Crippen LogP contribution in [0.4, 0.5) is 5.69 Å². The lowest BCUT2D eigenvalue weighted by Gasteiger charge is -2.55. The maximum atomic E-state index is 11.8. The number of esters is 1. The molecule has 1 atom stereocenters. The van der Waals surface area contributed by atoms with Crippen molar-refractivity contribution < 1.29 is 9.53 Å². The van der Waals surface area contributed by atoms with Crippen LogP contribution in [0.15, 0.2) is 48.5 Å². The minimum atomic E-state index is -0.237. The second kappa shape index (κ2) is 5.89. The maximum absolute atomic E-state index is 11.8. The molecular weight excluding hydrogens is 310 g/mol. The van der Waals surface area contributed by atoms with Gasteiger partial charge in [0, 0.05) is 28.4 Å². The lowest BCUT2D eigenvalue weighted by Crippen LogP contribution is -2.67. The first-order valence-corrected chi connectivity index (χ1v) is 8.03. The average Bonchev–Trinajstić information content (AvgIpc) is 2.55. The summed E-state index contributed by atoms with van der Waals surface area (Å²) in [6.07, 6.45) is 0. The Labute approximate surface area is 141 Å². The standard InChI is InChI=1S/C19H20ClNO2/c1-19(2)16(18(22)23-3)12-21(19)14-10-8-13(9-11-14)15-6-4-5-7-17(15)20/h4-11,16H,12H2,1-3H3. The lowest BCUT2D eigenvalue weighted by molar-refractivity contribution is -0.150. The molecule has 4 heteroatoms. The Morgan fingerprint density at radius 2 is 1.83 bits per heavy atom. The molecule has 0 bridgehead atoms. The molecule has 1 aliphatic rings. The zero-order chi connectivity index (χ0) is 16.6. The monoisotopic (exact) mass is 329 g/mol. The topological polar surface area (TPSA) is 29.5 Å². The third-order valence-electron chi connectivity index (χ3n) is 4.76. The molecule has 0 saturated carbocycles. The van der Waals surface area contributed by atoms with E-state index in [0.717, 1.165) is 21.8 Å². The van der Waals surface area contributed by atoms with E-state index in [1.165, 1.54) is 7.11 Å². The summed E-state index contributed by atoms with van der Waals surface area (Å²) in [5.74, 6) is -0.227. The van der Waals surface area contributed by atoms with Crippen LogP contribution < -0.4 is 4.90 Å². The highest BCUT2D eigenvalue weighted by molar-refractivity contribution is 6.33. The number of rotatable bonds is 3. The molecule has 1 heterocycles. The van der Waals surface area contributed by atoms with Gasteiger partial charge in [-0.3, -0.25) is 4.79 Å². The summed E-state index contributed by atoms with van der Waals surface area (Å²) < 4.78 is 4.88. The number of carbonyl (C=O) groups is 1. The number of methoxy groups -OCH3 is 1. The molecule has 1 aliphatic heterocycles. The van der Waals surface area contributed by atoms with Gasteiger partial charge in [0.1, 0.15) is 0 Å². The number of benzene rings is 2. The third-order valence-corrected chi connectivity index (χ3v) is 5.09. The van der Waals surface area contributed by atoms with E-state index in [4.69, 9.17) is 16.3 Å². The molecule has 120 valence electrons. The van der Waals surface area contributed by atoms with Gasteiger partial charge in [-0.25, -0.2) is 0 Å². The Bertz CT molecular complexity index is 724. The van der Waals surface area contributed by atoms with E-state index in [2.05, 4.69) is 43.0 Å². The highest BCUT2D eigenvalue weighted by Crippen LogP contribution is 2.41. The Kier molecular flexibility index (Phi) is 4.07. The van der Waals surface area contributed by atoms with Crippen LogP contribution in [0.1, 0.15) is 13.8 Å². The van der Waals surface area contributed by atoms with E-state index in [9.17, 15) is 4.79 Å². The number of nitrogens with zero attached hydrogens (tertiary/aromatic N) is 1. The summed E-state index contributed by atoms with van der Waals surface area (Å²) in [6, 6.07) is 16.1. The van der Waals surface area contributed by atoms with Crippen LogP contribution in [0.3, 0.4) is 0 Å². The molecule has 0 aromatic heterocycles. The number of halogens is 1. The molecule has 0 spiro atoms. The highest BCUT2D eigenvalue weighted by atomic mass is 35.5. The molecule has 2 aromatic carbocycles. The van der Waals surface area contributed by atoms with E-state index in [0.29, 0.717) is 6.54 Å². The van der Waals surface area contributed by atoms with E-state index >= 15 is 0 Å². The molecule has 23 heavy (non-hydrogen) atoms. The summed E-state index contributed by atoms with van der Waals surface area (Å²) in [4.78, 5) is 14.0. The third kappa shape index (κ3) is 2.70. The normalized spacial score (nSPS) is 19.1. The van der Waals surface area contributed by atoms with Crippen molar-refractivity contribution in [2.75, 3.05) is 18.6 Å². The summed E-state index contributed by atoms with van der Waals surface area (Å²) in [6.45, 7) is 4.82. The van der Waals surface area contributed by atoms with Crippen LogP contribution in [0.5, 0.6) is 0 Å². The number of ether oxygens (including phenoxy) is 1. The van der Waals surface area contributed by atoms with E-state index in [-0.39, 0.29) is 17.4 Å². The largest absolute Gasteiger partial charge is 0.469 e. The van der Waals surface area contributed by atoms with Gasteiger partial charge in [-0.05, 0) is 37.6 Å². The van der Waals surface area contributed by atoms with Crippen molar-refractivity contribution in [2.45, 2.75) is 19.4 Å². The fourth-order valence-electron chi connectivity index (χ4n) is 3.18. The fraction of sp³-hybridized carbons (Fsp3) is 0.316. The van der Waals surface area contributed by atoms with E-state index < -0.39 is 0 Å². The van der Waals surface area contributed by atoms with E-state index in [1.54, 1.807) is 0 Å². The fourth-order valence-corrected chi connectivity index (χ4v) is 3.42. The summed E-state index contributed by atoms with van der Waals surface area (Å²) in [5, 5.41) is 0.746. The van der Waals surface area contributed by atoms with Gasteiger partial charge in [0.05, 0.1) is 13.0 Å². The Hall–Kier alpha value is -2.00. The van der Waals surface area contributed by atoms with Crippen molar-refractivity contribution in [1.82, 2.24) is 0 Å². The second-order valence-electron chi connectivity index (χ2n) is 6.37. The minimum Gasteiger partial charge on any atom is -0.469 e. The molecule has 0 N–H and O–H groups in total. The molecule has 3 rings (SSSR count). The van der Waals surface area contributed by atoms with Crippen molar-refractivity contribution >= 4 is 23.3 Å². The predicted molar refractivity (Wildman–Crippen MR) is 93.8 cm³/mol. The van der Waals surface area contributed by atoms with Gasteiger partial charge in [0.15, 0.2) is 0 Å². The Morgan fingerprint density at radius 3 is 2.39 bits per heavy atom. The molecule has 0 radical (unpaired) electrons. The van der Waals surface area contributed by atoms with Gasteiger partial charge in [-0.2, -0.15) is 0 Å². The SMILES string of the molecule is COC(=O)C1CN(c2ccc(-c3ccccc3Cl)cc2)C1(C)C. The van der Waals surface area contributed by atoms with Gasteiger partial charge < -0.3 is 9.64 Å². The second-order valence-corrected chi connectivity index (χ2v) is 6.77. The predicted octanol–water partition coefficient (Wildman–Crippen LogP) is 4.39. The number of anilines is 1.